The number of benzene rings is 2. The van der Waals surface area contributed by atoms with Gasteiger partial charge < -0.3 is 18.9 Å². The van der Waals surface area contributed by atoms with E-state index in [4.69, 9.17) is 18.9 Å². The molecule has 1 aliphatic carbocycles. The molecule has 0 aromatic heterocycles. The minimum atomic E-state index is -0.399. The molecule has 0 spiro atoms. The van der Waals surface area contributed by atoms with E-state index in [1.54, 1.807) is 7.11 Å². The van der Waals surface area contributed by atoms with Crippen LogP contribution < -0.4 is 4.74 Å². The number of carbonyl (C=O) groups excluding carboxylic acids is 1. The normalized spacial score (nSPS) is 28.2. The summed E-state index contributed by atoms with van der Waals surface area (Å²) in [6, 6.07) is 15.8. The highest BCUT2D eigenvalue weighted by atomic mass is 16.6. The third-order valence-electron chi connectivity index (χ3n) is 6.24. The van der Waals surface area contributed by atoms with E-state index >= 15 is 0 Å². The second-order valence-electron chi connectivity index (χ2n) is 8.35. The fourth-order valence-electron chi connectivity index (χ4n) is 4.40. The highest BCUT2D eigenvalue weighted by Gasteiger charge is 2.39. The van der Waals surface area contributed by atoms with Crippen LogP contribution in [0.2, 0.25) is 0 Å². The molecule has 2 aromatic rings. The van der Waals surface area contributed by atoms with Crippen molar-refractivity contribution in [2.45, 2.75) is 58.2 Å². The summed E-state index contributed by atoms with van der Waals surface area (Å²) in [5.74, 6) is 0.182. The number of cyclic esters (lactones) is 1. The first-order valence-electron chi connectivity index (χ1n) is 10.8. The van der Waals surface area contributed by atoms with E-state index in [1.165, 1.54) is 0 Å². The molecule has 1 heterocycles. The predicted octanol–water partition coefficient (Wildman–Crippen LogP) is 5.31. The molecule has 5 nitrogen and oxygen atoms in total. The zero-order valence-electron chi connectivity index (χ0n) is 18.5. The van der Waals surface area contributed by atoms with Crippen LogP contribution in [-0.2, 0) is 25.6 Å². The number of fused-ring (bicyclic) bond motifs is 2. The number of esters is 1. The molecule has 0 radical (unpaired) electrons. The Morgan fingerprint density at radius 2 is 1.68 bits per heavy atom. The van der Waals surface area contributed by atoms with E-state index in [0.717, 1.165) is 28.0 Å². The van der Waals surface area contributed by atoms with Crippen molar-refractivity contribution >= 4 is 5.97 Å². The van der Waals surface area contributed by atoms with Crippen LogP contribution in [0.3, 0.4) is 0 Å². The van der Waals surface area contributed by atoms with E-state index in [9.17, 15) is 4.79 Å². The van der Waals surface area contributed by atoms with E-state index in [-0.39, 0.29) is 30.4 Å². The van der Waals surface area contributed by atoms with Crippen molar-refractivity contribution in [2.24, 2.45) is 5.92 Å². The standard InChI is InChI=1S/C26H30O5/c1-16-13-25-23(14-24(16)29-15-19-9-11-20(28-4)12-10-19)26(27)31-18(3)22-8-6-5-7-21(22)17(2)30-25/h5-13,17-18,23-25H,14-15H2,1-4H3/t17-,18+,23+,24+,25-/m1/s1. The molecule has 0 N–H and O–H groups in total. The second kappa shape index (κ2) is 9.25. The molecule has 2 aromatic carbocycles. The SMILES string of the molecule is COc1ccc(CO[C@H]2C[C@@H]3C(=O)O[C@@H](C)c4ccccc4[C@@H](C)O[C@@H]3C=C2C)cc1. The van der Waals surface area contributed by atoms with E-state index in [1.807, 2.05) is 75.4 Å². The van der Waals surface area contributed by atoms with Crippen molar-refractivity contribution in [3.8, 4) is 5.75 Å². The Morgan fingerprint density at radius 3 is 2.35 bits per heavy atom. The maximum absolute atomic E-state index is 13.1. The lowest BCUT2D eigenvalue weighted by molar-refractivity contribution is -0.161. The van der Waals surface area contributed by atoms with Crippen molar-refractivity contribution in [1.82, 2.24) is 0 Å². The van der Waals surface area contributed by atoms with Crippen molar-refractivity contribution < 1.29 is 23.7 Å². The largest absolute Gasteiger partial charge is 0.497 e. The lowest BCUT2D eigenvalue weighted by Gasteiger charge is -2.34. The van der Waals surface area contributed by atoms with Gasteiger partial charge in [-0.25, -0.2) is 0 Å². The Labute approximate surface area is 184 Å². The van der Waals surface area contributed by atoms with E-state index in [0.29, 0.717) is 13.0 Å². The van der Waals surface area contributed by atoms with Gasteiger partial charge in [0.1, 0.15) is 11.9 Å². The molecule has 2 aliphatic rings. The maximum atomic E-state index is 13.1. The van der Waals surface area contributed by atoms with Crippen molar-refractivity contribution in [3.63, 3.8) is 0 Å². The first-order valence-corrected chi connectivity index (χ1v) is 10.8. The van der Waals surface area contributed by atoms with Crippen LogP contribution in [0.25, 0.3) is 0 Å². The zero-order chi connectivity index (χ0) is 22.0. The third kappa shape index (κ3) is 4.68. The Bertz CT molecular complexity index is 949. The third-order valence-corrected chi connectivity index (χ3v) is 6.24. The van der Waals surface area contributed by atoms with Gasteiger partial charge in [-0.3, -0.25) is 4.79 Å². The van der Waals surface area contributed by atoms with Gasteiger partial charge >= 0.3 is 5.97 Å². The first-order chi connectivity index (χ1) is 15.0. The number of rotatable bonds is 4. The molecular weight excluding hydrogens is 392 g/mol. The van der Waals surface area contributed by atoms with Gasteiger partial charge in [0.15, 0.2) is 0 Å². The summed E-state index contributed by atoms with van der Waals surface area (Å²) in [6.45, 7) is 6.46. The summed E-state index contributed by atoms with van der Waals surface area (Å²) in [4.78, 5) is 13.1. The first kappa shape index (κ1) is 21.6. The quantitative estimate of drug-likeness (QED) is 0.494. The Kier molecular flexibility index (Phi) is 6.44. The van der Waals surface area contributed by atoms with Crippen LogP contribution in [0.15, 0.2) is 60.2 Å². The Hall–Kier alpha value is -2.63. The summed E-state index contributed by atoms with van der Waals surface area (Å²) in [5, 5.41) is 0. The summed E-state index contributed by atoms with van der Waals surface area (Å²) in [7, 11) is 1.65. The van der Waals surface area contributed by atoms with Gasteiger partial charge in [-0.05, 0) is 61.6 Å². The lowest BCUT2D eigenvalue weighted by Crippen LogP contribution is -2.39. The zero-order valence-corrected chi connectivity index (χ0v) is 18.5. The van der Waals surface area contributed by atoms with Crippen LogP contribution in [0.5, 0.6) is 5.75 Å². The molecular formula is C26H30O5. The fourth-order valence-corrected chi connectivity index (χ4v) is 4.40. The maximum Gasteiger partial charge on any atom is 0.312 e. The van der Waals surface area contributed by atoms with Crippen molar-refractivity contribution in [3.05, 3.63) is 76.9 Å². The highest BCUT2D eigenvalue weighted by molar-refractivity contribution is 5.74. The van der Waals surface area contributed by atoms with Crippen LogP contribution in [0.4, 0.5) is 0 Å². The van der Waals surface area contributed by atoms with E-state index < -0.39 is 5.92 Å². The number of hydrogen-bond acceptors (Lipinski definition) is 5. The molecule has 5 atom stereocenters. The van der Waals surface area contributed by atoms with Gasteiger partial charge in [0.05, 0.1) is 37.9 Å². The summed E-state index contributed by atoms with van der Waals surface area (Å²) >= 11 is 0. The van der Waals surface area contributed by atoms with Gasteiger partial charge in [-0.15, -0.1) is 0 Å². The molecule has 164 valence electrons. The van der Waals surface area contributed by atoms with Crippen molar-refractivity contribution in [1.29, 1.82) is 0 Å². The van der Waals surface area contributed by atoms with E-state index in [2.05, 4.69) is 0 Å². The topological polar surface area (TPSA) is 54.0 Å². The van der Waals surface area contributed by atoms with Crippen LogP contribution in [0, 0.1) is 5.92 Å². The number of hydrogen-bond donors (Lipinski definition) is 0. The predicted molar refractivity (Wildman–Crippen MR) is 118 cm³/mol. The lowest BCUT2D eigenvalue weighted by atomic mass is 9.85. The van der Waals surface area contributed by atoms with Gasteiger partial charge in [0.25, 0.3) is 0 Å². The molecule has 4 rings (SSSR count). The summed E-state index contributed by atoms with van der Waals surface area (Å²) < 4.78 is 23.7. The molecule has 0 fully saturated rings. The fraction of sp³-hybridized carbons (Fsp3) is 0.423. The van der Waals surface area contributed by atoms with Gasteiger partial charge in [-0.1, -0.05) is 42.5 Å². The summed E-state index contributed by atoms with van der Waals surface area (Å²) in [5.41, 5.74) is 4.19. The molecule has 0 unspecified atom stereocenters. The van der Waals surface area contributed by atoms with Gasteiger partial charge in [0, 0.05) is 0 Å². The minimum Gasteiger partial charge on any atom is -0.497 e. The van der Waals surface area contributed by atoms with Crippen LogP contribution in [0.1, 0.15) is 56.1 Å². The van der Waals surface area contributed by atoms with Crippen molar-refractivity contribution in [2.75, 3.05) is 7.11 Å². The smallest absolute Gasteiger partial charge is 0.312 e. The summed E-state index contributed by atoms with van der Waals surface area (Å²) in [6.07, 6.45) is 1.62. The number of methoxy groups -OCH3 is 1. The average molecular weight is 423 g/mol. The number of carbonyl (C=O) groups is 1. The molecule has 31 heavy (non-hydrogen) atoms. The van der Waals surface area contributed by atoms with Gasteiger partial charge in [0.2, 0.25) is 0 Å². The molecule has 0 amide bonds. The number of ether oxygens (including phenoxy) is 4. The molecule has 0 saturated heterocycles. The monoisotopic (exact) mass is 422 g/mol. The molecule has 0 saturated carbocycles. The molecule has 5 heteroatoms. The molecule has 0 bridgehead atoms. The highest BCUT2D eigenvalue weighted by Crippen LogP contribution is 2.38. The van der Waals surface area contributed by atoms with Gasteiger partial charge in [-0.2, -0.15) is 0 Å². The average Bonchev–Trinajstić information content (AvgIpc) is 2.81. The second-order valence-corrected chi connectivity index (χ2v) is 8.35. The van der Waals surface area contributed by atoms with Crippen LogP contribution >= 0.6 is 0 Å². The Morgan fingerprint density at radius 1 is 1.00 bits per heavy atom. The Balaban J connectivity index is 1.52. The molecule has 1 aliphatic heterocycles. The van der Waals surface area contributed by atoms with Crippen LogP contribution in [-0.4, -0.2) is 25.3 Å². The minimum absolute atomic E-state index is 0.138.